The number of ether oxygens (including phenoxy) is 1. The van der Waals surface area contributed by atoms with Gasteiger partial charge in [-0.2, -0.15) is 0 Å². The molecule has 0 radical (unpaired) electrons. The highest BCUT2D eigenvalue weighted by Crippen LogP contribution is 2.40. The molecule has 1 fully saturated rings. The highest BCUT2D eigenvalue weighted by Gasteiger charge is 2.33. The molecule has 30 heavy (non-hydrogen) atoms. The molecule has 0 unspecified atom stereocenters. The number of benzene rings is 1. The Morgan fingerprint density at radius 3 is 2.83 bits per heavy atom. The fourth-order valence-electron chi connectivity index (χ4n) is 4.23. The Labute approximate surface area is 178 Å². The number of piperazine rings is 1. The first-order valence-electron chi connectivity index (χ1n) is 10.3. The molecule has 7 nitrogen and oxygen atoms in total. The van der Waals surface area contributed by atoms with E-state index >= 15 is 0 Å². The second kappa shape index (κ2) is 7.52. The molecule has 0 spiro atoms. The quantitative estimate of drug-likeness (QED) is 0.647. The van der Waals surface area contributed by atoms with Crippen LogP contribution in [-0.4, -0.2) is 57.4 Å². The standard InChI is InChI=1S/C22H24N4O3S/c1-14-15(2)29-20-17(14)4-3-5-18(20)21(28)25-8-6-24(7-9-25)13-16-12-19(27)26-10-11-30-22(26)23-16/h3-5,10-12,14-15H,6-9,13H2,1-2H3/t14-,15+/m0/s1. The lowest BCUT2D eigenvalue weighted by atomic mass is 9.96. The van der Waals surface area contributed by atoms with Crippen molar-refractivity contribution in [2.75, 3.05) is 26.2 Å². The van der Waals surface area contributed by atoms with Crippen molar-refractivity contribution in [1.82, 2.24) is 19.2 Å². The van der Waals surface area contributed by atoms with Gasteiger partial charge < -0.3 is 9.64 Å². The van der Waals surface area contributed by atoms with Crippen molar-refractivity contribution in [3.63, 3.8) is 0 Å². The van der Waals surface area contributed by atoms with Crippen LogP contribution < -0.4 is 10.3 Å². The monoisotopic (exact) mass is 424 g/mol. The van der Waals surface area contributed by atoms with E-state index in [0.717, 1.165) is 30.1 Å². The summed E-state index contributed by atoms with van der Waals surface area (Å²) in [6.07, 6.45) is 1.83. The molecule has 2 aromatic heterocycles. The van der Waals surface area contributed by atoms with Gasteiger partial charge in [0.25, 0.3) is 11.5 Å². The molecule has 3 aromatic rings. The SMILES string of the molecule is C[C@@H]1c2cccc(C(=O)N3CCN(Cc4cc(=O)n5ccsc5n4)CC3)c2O[C@@H]1C. The van der Waals surface area contributed by atoms with Gasteiger partial charge in [-0.1, -0.05) is 19.1 Å². The molecule has 0 saturated carbocycles. The minimum atomic E-state index is -0.0496. The van der Waals surface area contributed by atoms with E-state index in [1.807, 2.05) is 29.3 Å². The molecule has 156 valence electrons. The number of carbonyl (C=O) groups is 1. The largest absolute Gasteiger partial charge is 0.489 e. The zero-order valence-corrected chi connectivity index (χ0v) is 17.9. The average molecular weight is 425 g/mol. The first kappa shape index (κ1) is 19.3. The molecule has 2 aliphatic heterocycles. The second-order valence-corrected chi connectivity index (χ2v) is 8.92. The molecule has 1 amide bonds. The summed E-state index contributed by atoms with van der Waals surface area (Å²) in [5.41, 5.74) is 2.51. The van der Waals surface area contributed by atoms with Gasteiger partial charge in [-0.3, -0.25) is 18.9 Å². The summed E-state index contributed by atoms with van der Waals surface area (Å²) >= 11 is 1.46. The first-order valence-corrected chi connectivity index (χ1v) is 11.2. The van der Waals surface area contributed by atoms with Crippen LogP contribution in [0, 0.1) is 0 Å². The van der Waals surface area contributed by atoms with Gasteiger partial charge in [-0.15, -0.1) is 11.3 Å². The van der Waals surface area contributed by atoms with Crippen molar-refractivity contribution in [2.45, 2.75) is 32.4 Å². The van der Waals surface area contributed by atoms with Crippen LogP contribution in [0.4, 0.5) is 0 Å². The third-order valence-corrected chi connectivity index (χ3v) is 6.93. The molecule has 0 bridgehead atoms. The Hall–Kier alpha value is -2.71. The number of fused-ring (bicyclic) bond motifs is 2. The third-order valence-electron chi connectivity index (χ3n) is 6.18. The highest BCUT2D eigenvalue weighted by atomic mass is 32.1. The van der Waals surface area contributed by atoms with Crippen LogP contribution in [0.25, 0.3) is 4.96 Å². The van der Waals surface area contributed by atoms with Gasteiger partial charge in [-0.25, -0.2) is 4.98 Å². The molecule has 4 heterocycles. The number of hydrogen-bond acceptors (Lipinski definition) is 6. The number of amides is 1. The summed E-state index contributed by atoms with van der Waals surface area (Å²) in [7, 11) is 0. The van der Waals surface area contributed by atoms with Gasteiger partial charge in [0.2, 0.25) is 0 Å². The molecule has 0 N–H and O–H groups in total. The van der Waals surface area contributed by atoms with E-state index in [1.54, 1.807) is 16.7 Å². The number of carbonyl (C=O) groups excluding carboxylic acids is 1. The van der Waals surface area contributed by atoms with E-state index in [0.29, 0.717) is 36.1 Å². The zero-order chi connectivity index (χ0) is 20.8. The summed E-state index contributed by atoms with van der Waals surface area (Å²) in [4.78, 5) is 34.8. The Bertz CT molecular complexity index is 1160. The normalized spacial score (nSPS) is 21.6. The second-order valence-electron chi connectivity index (χ2n) is 8.05. The van der Waals surface area contributed by atoms with Crippen LogP contribution in [0.5, 0.6) is 5.75 Å². The van der Waals surface area contributed by atoms with E-state index in [-0.39, 0.29) is 17.6 Å². The molecule has 2 atom stereocenters. The van der Waals surface area contributed by atoms with Gasteiger partial charge in [0.15, 0.2) is 4.96 Å². The van der Waals surface area contributed by atoms with Crippen LogP contribution >= 0.6 is 11.3 Å². The Kier molecular flexibility index (Phi) is 4.83. The third kappa shape index (κ3) is 3.30. The van der Waals surface area contributed by atoms with Gasteiger partial charge in [0.05, 0.1) is 11.3 Å². The van der Waals surface area contributed by atoms with E-state index in [2.05, 4.69) is 22.9 Å². The van der Waals surface area contributed by atoms with Crippen LogP contribution in [0.2, 0.25) is 0 Å². The summed E-state index contributed by atoms with van der Waals surface area (Å²) in [6.45, 7) is 7.59. The van der Waals surface area contributed by atoms with Gasteiger partial charge in [-0.05, 0) is 13.0 Å². The topological polar surface area (TPSA) is 67.2 Å². The Balaban J connectivity index is 1.26. The fraction of sp³-hybridized carbons (Fsp3) is 0.409. The molecule has 0 aliphatic carbocycles. The van der Waals surface area contributed by atoms with Crippen LogP contribution in [0.1, 0.15) is 41.4 Å². The first-order chi connectivity index (χ1) is 14.5. The van der Waals surface area contributed by atoms with E-state index in [9.17, 15) is 9.59 Å². The molecule has 1 aromatic carbocycles. The number of aromatic nitrogens is 2. The van der Waals surface area contributed by atoms with Crippen molar-refractivity contribution in [3.05, 3.63) is 63.0 Å². The molecule has 8 heteroatoms. The smallest absolute Gasteiger partial charge is 0.258 e. The lowest BCUT2D eigenvalue weighted by Gasteiger charge is -2.34. The maximum absolute atomic E-state index is 13.2. The van der Waals surface area contributed by atoms with Crippen molar-refractivity contribution >= 4 is 22.2 Å². The van der Waals surface area contributed by atoms with Crippen LogP contribution in [-0.2, 0) is 6.54 Å². The summed E-state index contributed by atoms with van der Waals surface area (Å²) in [5, 5.41) is 1.86. The van der Waals surface area contributed by atoms with Gasteiger partial charge >= 0.3 is 0 Å². The van der Waals surface area contributed by atoms with Crippen molar-refractivity contribution in [2.24, 2.45) is 0 Å². The summed E-state index contributed by atoms with van der Waals surface area (Å²) in [6, 6.07) is 7.47. The summed E-state index contributed by atoms with van der Waals surface area (Å²) < 4.78 is 7.57. The number of rotatable bonds is 3. The molecule has 2 aliphatic rings. The zero-order valence-electron chi connectivity index (χ0n) is 17.1. The minimum Gasteiger partial charge on any atom is -0.489 e. The fourth-order valence-corrected chi connectivity index (χ4v) is 4.97. The predicted molar refractivity (Wildman–Crippen MR) is 115 cm³/mol. The number of nitrogens with zero attached hydrogens (tertiary/aromatic N) is 4. The predicted octanol–water partition coefficient (Wildman–Crippen LogP) is 2.60. The lowest BCUT2D eigenvalue weighted by molar-refractivity contribution is 0.0622. The van der Waals surface area contributed by atoms with Gasteiger partial charge in [0, 0.05) is 61.8 Å². The maximum Gasteiger partial charge on any atom is 0.258 e. The van der Waals surface area contributed by atoms with Crippen LogP contribution in [0.15, 0.2) is 40.6 Å². The minimum absolute atomic E-state index is 0.0316. The van der Waals surface area contributed by atoms with Crippen molar-refractivity contribution < 1.29 is 9.53 Å². The molecular weight excluding hydrogens is 400 g/mol. The molecular formula is C22H24N4O3S. The van der Waals surface area contributed by atoms with Gasteiger partial charge in [0.1, 0.15) is 11.9 Å². The highest BCUT2D eigenvalue weighted by molar-refractivity contribution is 7.15. The Morgan fingerprint density at radius 2 is 2.03 bits per heavy atom. The number of hydrogen-bond donors (Lipinski definition) is 0. The van der Waals surface area contributed by atoms with Crippen molar-refractivity contribution in [3.8, 4) is 5.75 Å². The Morgan fingerprint density at radius 1 is 1.23 bits per heavy atom. The van der Waals surface area contributed by atoms with Crippen LogP contribution in [0.3, 0.4) is 0 Å². The van der Waals surface area contributed by atoms with E-state index in [4.69, 9.17) is 4.74 Å². The number of para-hydroxylation sites is 1. The maximum atomic E-state index is 13.2. The van der Waals surface area contributed by atoms with E-state index in [1.165, 1.54) is 11.3 Å². The average Bonchev–Trinajstić information content (AvgIpc) is 3.33. The van der Waals surface area contributed by atoms with Crippen molar-refractivity contribution in [1.29, 1.82) is 0 Å². The lowest BCUT2D eigenvalue weighted by Crippen LogP contribution is -2.48. The van der Waals surface area contributed by atoms with E-state index < -0.39 is 0 Å². The summed E-state index contributed by atoms with van der Waals surface area (Å²) in [5.74, 6) is 1.07. The molecule has 5 rings (SSSR count). The number of thiazole rings is 1. The molecule has 1 saturated heterocycles.